The van der Waals surface area contributed by atoms with E-state index in [0.29, 0.717) is 17.5 Å². The van der Waals surface area contributed by atoms with Gasteiger partial charge >= 0.3 is 0 Å². The van der Waals surface area contributed by atoms with E-state index in [1.54, 1.807) is 13.0 Å². The number of anilines is 1. The summed E-state index contributed by atoms with van der Waals surface area (Å²) in [5.41, 5.74) is 0.686. The van der Waals surface area contributed by atoms with Gasteiger partial charge in [0.25, 0.3) is 5.69 Å². The Bertz CT molecular complexity index is 491. The summed E-state index contributed by atoms with van der Waals surface area (Å²) in [4.78, 5) is 14.4. The molecule has 0 saturated carbocycles. The summed E-state index contributed by atoms with van der Waals surface area (Å²) in [6, 6.07) is 2.02. The van der Waals surface area contributed by atoms with Crippen LogP contribution < -0.4 is 5.32 Å². The average molecular weight is 249 g/mol. The van der Waals surface area contributed by atoms with Crippen molar-refractivity contribution in [2.45, 2.75) is 44.4 Å². The highest BCUT2D eigenvalue weighted by molar-refractivity contribution is 5.47. The van der Waals surface area contributed by atoms with E-state index in [2.05, 4.69) is 10.3 Å². The molecule has 18 heavy (non-hydrogen) atoms. The van der Waals surface area contributed by atoms with Crippen molar-refractivity contribution in [1.82, 2.24) is 4.98 Å². The first-order valence-corrected chi connectivity index (χ1v) is 6.16. The third-order valence-electron chi connectivity index (χ3n) is 3.72. The first kappa shape index (κ1) is 11.4. The summed E-state index contributed by atoms with van der Waals surface area (Å²) < 4.78 is 5.75. The smallest absolute Gasteiger partial charge is 0.290 e. The van der Waals surface area contributed by atoms with E-state index >= 15 is 0 Å². The molecule has 2 saturated heterocycles. The van der Waals surface area contributed by atoms with Gasteiger partial charge in [-0.25, -0.2) is 4.98 Å². The number of rotatable bonds is 3. The second-order valence-corrected chi connectivity index (χ2v) is 4.97. The van der Waals surface area contributed by atoms with E-state index in [4.69, 9.17) is 4.74 Å². The average Bonchev–Trinajstić information content (AvgIpc) is 2.90. The molecule has 3 heterocycles. The molecule has 96 valence electrons. The van der Waals surface area contributed by atoms with Crippen molar-refractivity contribution in [1.29, 1.82) is 0 Å². The van der Waals surface area contributed by atoms with E-state index < -0.39 is 4.92 Å². The number of aromatic nitrogens is 1. The molecule has 6 nitrogen and oxygen atoms in total. The number of nitro groups is 1. The molecular weight excluding hydrogens is 234 g/mol. The van der Waals surface area contributed by atoms with Crippen LogP contribution in [0.5, 0.6) is 0 Å². The van der Waals surface area contributed by atoms with Gasteiger partial charge in [0.05, 0.1) is 23.2 Å². The third-order valence-corrected chi connectivity index (χ3v) is 3.72. The number of ether oxygens (including phenoxy) is 1. The van der Waals surface area contributed by atoms with Crippen LogP contribution in [-0.4, -0.2) is 28.2 Å². The van der Waals surface area contributed by atoms with Gasteiger partial charge in [-0.1, -0.05) is 0 Å². The summed E-state index contributed by atoms with van der Waals surface area (Å²) >= 11 is 0. The lowest BCUT2D eigenvalue weighted by Crippen LogP contribution is -2.30. The molecule has 3 unspecified atom stereocenters. The second kappa shape index (κ2) is 4.20. The Hall–Kier alpha value is -1.69. The Kier molecular flexibility index (Phi) is 2.66. The van der Waals surface area contributed by atoms with Crippen molar-refractivity contribution in [2.75, 3.05) is 5.32 Å². The zero-order valence-electron chi connectivity index (χ0n) is 10.1. The minimum absolute atomic E-state index is 0.0599. The lowest BCUT2D eigenvalue weighted by atomic mass is 9.95. The van der Waals surface area contributed by atoms with Crippen LogP contribution in [0.3, 0.4) is 0 Å². The van der Waals surface area contributed by atoms with E-state index in [0.717, 1.165) is 19.3 Å². The van der Waals surface area contributed by atoms with Crippen molar-refractivity contribution in [3.63, 3.8) is 0 Å². The minimum Gasteiger partial charge on any atom is -0.373 e. The molecule has 0 radical (unpaired) electrons. The van der Waals surface area contributed by atoms with Gasteiger partial charge in [-0.2, -0.15) is 0 Å². The quantitative estimate of drug-likeness (QED) is 0.655. The SMILES string of the molecule is Cc1cc(NC2CC3CCC2O3)ncc1[N+](=O)[O-]. The predicted molar refractivity (Wildman–Crippen MR) is 65.6 cm³/mol. The van der Waals surface area contributed by atoms with Crippen LogP contribution in [0, 0.1) is 17.0 Å². The number of hydrogen-bond donors (Lipinski definition) is 1. The molecule has 1 aromatic heterocycles. The van der Waals surface area contributed by atoms with Gasteiger partial charge in [0.1, 0.15) is 12.0 Å². The van der Waals surface area contributed by atoms with Gasteiger partial charge in [-0.3, -0.25) is 10.1 Å². The highest BCUT2D eigenvalue weighted by Gasteiger charge is 2.40. The molecule has 6 heteroatoms. The lowest BCUT2D eigenvalue weighted by Gasteiger charge is -2.20. The Balaban J connectivity index is 1.74. The molecule has 0 aromatic carbocycles. The molecule has 3 atom stereocenters. The molecule has 0 amide bonds. The third kappa shape index (κ3) is 1.92. The summed E-state index contributed by atoms with van der Waals surface area (Å²) in [7, 11) is 0. The number of fused-ring (bicyclic) bond motifs is 2. The molecule has 2 bridgehead atoms. The molecule has 2 aliphatic rings. The summed E-state index contributed by atoms with van der Waals surface area (Å²) in [5, 5.41) is 14.0. The Morgan fingerprint density at radius 3 is 2.94 bits per heavy atom. The van der Waals surface area contributed by atoms with Crippen LogP contribution in [-0.2, 0) is 4.74 Å². The zero-order chi connectivity index (χ0) is 12.7. The van der Waals surface area contributed by atoms with Gasteiger partial charge in [-0.15, -0.1) is 0 Å². The predicted octanol–water partition coefficient (Wildman–Crippen LogP) is 2.03. The van der Waals surface area contributed by atoms with Crippen molar-refractivity contribution < 1.29 is 9.66 Å². The van der Waals surface area contributed by atoms with E-state index in [1.165, 1.54) is 6.20 Å². The molecule has 0 aliphatic carbocycles. The highest BCUT2D eigenvalue weighted by Crippen LogP contribution is 2.35. The Morgan fingerprint density at radius 2 is 2.39 bits per heavy atom. The molecule has 1 N–H and O–H groups in total. The standard InChI is InChI=1S/C12H15N3O3/c1-7-4-12(13-6-10(7)15(16)17)14-9-5-8-2-3-11(9)18-8/h4,6,8-9,11H,2-3,5H2,1H3,(H,13,14). The Labute approximate surface area is 105 Å². The van der Waals surface area contributed by atoms with Crippen molar-refractivity contribution >= 4 is 11.5 Å². The fraction of sp³-hybridized carbons (Fsp3) is 0.583. The van der Waals surface area contributed by atoms with E-state index in [9.17, 15) is 10.1 Å². The van der Waals surface area contributed by atoms with Gasteiger partial charge in [-0.05, 0) is 32.3 Å². The number of hydrogen-bond acceptors (Lipinski definition) is 5. The fourth-order valence-corrected chi connectivity index (χ4v) is 2.80. The lowest BCUT2D eigenvalue weighted by molar-refractivity contribution is -0.385. The van der Waals surface area contributed by atoms with Gasteiger partial charge in [0.15, 0.2) is 0 Å². The summed E-state index contributed by atoms with van der Waals surface area (Å²) in [6.07, 6.45) is 5.21. The van der Waals surface area contributed by atoms with E-state index in [-0.39, 0.29) is 17.8 Å². The molecule has 2 fully saturated rings. The van der Waals surface area contributed by atoms with Crippen LogP contribution in [0.15, 0.2) is 12.3 Å². The Morgan fingerprint density at radius 1 is 1.56 bits per heavy atom. The van der Waals surface area contributed by atoms with Gasteiger partial charge < -0.3 is 10.1 Å². The van der Waals surface area contributed by atoms with Crippen LogP contribution in [0.4, 0.5) is 11.5 Å². The van der Waals surface area contributed by atoms with Crippen LogP contribution in [0.2, 0.25) is 0 Å². The number of aryl methyl sites for hydroxylation is 1. The van der Waals surface area contributed by atoms with Crippen LogP contribution in [0.25, 0.3) is 0 Å². The monoisotopic (exact) mass is 249 g/mol. The first-order chi connectivity index (χ1) is 8.63. The molecular formula is C12H15N3O3. The highest BCUT2D eigenvalue weighted by atomic mass is 16.6. The van der Waals surface area contributed by atoms with E-state index in [1.807, 2.05) is 0 Å². The van der Waals surface area contributed by atoms with Crippen molar-refractivity contribution in [2.24, 2.45) is 0 Å². The number of pyridine rings is 1. The maximum atomic E-state index is 10.7. The summed E-state index contributed by atoms with van der Waals surface area (Å²) in [6.45, 7) is 1.72. The maximum absolute atomic E-state index is 10.7. The second-order valence-electron chi connectivity index (χ2n) is 4.97. The van der Waals surface area contributed by atoms with Crippen molar-refractivity contribution in [3.8, 4) is 0 Å². The van der Waals surface area contributed by atoms with Gasteiger partial charge in [0.2, 0.25) is 0 Å². The maximum Gasteiger partial charge on any atom is 0.290 e. The normalized spacial score (nSPS) is 29.5. The van der Waals surface area contributed by atoms with Gasteiger partial charge in [0, 0.05) is 5.56 Å². The topological polar surface area (TPSA) is 77.3 Å². The first-order valence-electron chi connectivity index (χ1n) is 6.16. The zero-order valence-corrected chi connectivity index (χ0v) is 10.1. The fourth-order valence-electron chi connectivity index (χ4n) is 2.80. The molecule has 2 aliphatic heterocycles. The van der Waals surface area contributed by atoms with Crippen LogP contribution >= 0.6 is 0 Å². The minimum atomic E-state index is -0.410. The number of nitrogens with zero attached hydrogens (tertiary/aromatic N) is 2. The van der Waals surface area contributed by atoms with Crippen LogP contribution in [0.1, 0.15) is 24.8 Å². The summed E-state index contributed by atoms with van der Waals surface area (Å²) in [5.74, 6) is 0.694. The van der Waals surface area contributed by atoms with Crippen molar-refractivity contribution in [3.05, 3.63) is 27.9 Å². The number of nitrogens with one attached hydrogen (secondary N) is 1. The molecule has 3 rings (SSSR count). The largest absolute Gasteiger partial charge is 0.373 e. The molecule has 1 aromatic rings. The molecule has 0 spiro atoms.